The maximum Gasteiger partial charge on any atom is 0.240 e. The Kier molecular flexibility index (Phi) is 5.82. The maximum absolute atomic E-state index is 13.6. The fourth-order valence-electron chi connectivity index (χ4n) is 2.47. The fraction of sp³-hybridized carbons (Fsp3) is 0.211. The van der Waals surface area contributed by atoms with E-state index in [-0.39, 0.29) is 24.1 Å². The molecule has 1 aliphatic heterocycles. The van der Waals surface area contributed by atoms with E-state index in [1.54, 1.807) is 44.2 Å². The van der Waals surface area contributed by atoms with Gasteiger partial charge in [0.15, 0.2) is 5.17 Å². The van der Waals surface area contributed by atoms with E-state index in [2.05, 4.69) is 15.6 Å². The van der Waals surface area contributed by atoms with Gasteiger partial charge in [0.25, 0.3) is 0 Å². The largest absolute Gasteiger partial charge is 0.326 e. The molecule has 2 aromatic carbocycles. The lowest BCUT2D eigenvalue weighted by Gasteiger charge is -2.10. The number of carbonyl (C=O) groups excluding carboxylic acids is 2. The van der Waals surface area contributed by atoms with Gasteiger partial charge in [-0.05, 0) is 49.2 Å². The molecular formula is C19H17ClFN3O2S. The summed E-state index contributed by atoms with van der Waals surface area (Å²) in [5.74, 6) is -0.959. The predicted molar refractivity (Wildman–Crippen MR) is 107 cm³/mol. The molecule has 1 fully saturated rings. The van der Waals surface area contributed by atoms with E-state index in [1.165, 1.54) is 6.07 Å². The van der Waals surface area contributed by atoms with Crippen molar-refractivity contribution in [2.24, 2.45) is 4.99 Å². The van der Waals surface area contributed by atoms with Crippen LogP contribution in [0.1, 0.15) is 17.5 Å². The summed E-state index contributed by atoms with van der Waals surface area (Å²) >= 11 is 7.20. The third-order valence-corrected chi connectivity index (χ3v) is 5.57. The van der Waals surface area contributed by atoms with Crippen molar-refractivity contribution < 1.29 is 14.0 Å². The van der Waals surface area contributed by atoms with E-state index in [0.29, 0.717) is 27.1 Å². The summed E-state index contributed by atoms with van der Waals surface area (Å²) in [5, 5.41) is 5.70. The highest BCUT2D eigenvalue weighted by atomic mass is 35.5. The number of hydrogen-bond donors (Lipinski definition) is 2. The number of anilines is 1. The Labute approximate surface area is 165 Å². The van der Waals surface area contributed by atoms with Gasteiger partial charge in [-0.2, -0.15) is 0 Å². The Morgan fingerprint density at radius 1 is 1.33 bits per heavy atom. The molecule has 0 unspecified atom stereocenters. The van der Waals surface area contributed by atoms with Crippen molar-refractivity contribution >= 4 is 51.7 Å². The second-order valence-electron chi connectivity index (χ2n) is 6.11. The molecule has 2 aromatic rings. The van der Waals surface area contributed by atoms with Crippen molar-refractivity contribution in [2.75, 3.05) is 5.32 Å². The third-order valence-electron chi connectivity index (χ3n) is 4.08. The highest BCUT2D eigenvalue weighted by Gasteiger charge is 2.32. The van der Waals surface area contributed by atoms with Crippen molar-refractivity contribution in [1.82, 2.24) is 5.32 Å². The number of amides is 2. The minimum absolute atomic E-state index is 0.0102. The molecule has 8 heteroatoms. The zero-order chi connectivity index (χ0) is 19.6. The van der Waals surface area contributed by atoms with Gasteiger partial charge in [0.1, 0.15) is 11.1 Å². The first-order valence-electron chi connectivity index (χ1n) is 8.21. The van der Waals surface area contributed by atoms with Crippen LogP contribution in [0.2, 0.25) is 5.02 Å². The van der Waals surface area contributed by atoms with Crippen LogP contribution in [0, 0.1) is 19.7 Å². The highest BCUT2D eigenvalue weighted by molar-refractivity contribution is 8.15. The molecule has 0 radical (unpaired) electrons. The minimum Gasteiger partial charge on any atom is -0.326 e. The summed E-state index contributed by atoms with van der Waals surface area (Å²) in [6.07, 6.45) is -0.0102. The number of rotatable bonds is 4. The first-order chi connectivity index (χ1) is 12.8. The number of benzene rings is 2. The van der Waals surface area contributed by atoms with E-state index in [9.17, 15) is 14.0 Å². The first-order valence-corrected chi connectivity index (χ1v) is 9.46. The quantitative estimate of drug-likeness (QED) is 0.794. The number of amidine groups is 1. The van der Waals surface area contributed by atoms with Crippen LogP contribution in [0.5, 0.6) is 0 Å². The van der Waals surface area contributed by atoms with E-state index >= 15 is 0 Å². The van der Waals surface area contributed by atoms with Gasteiger partial charge >= 0.3 is 0 Å². The Bertz CT molecular complexity index is 949. The summed E-state index contributed by atoms with van der Waals surface area (Å²) in [5.41, 5.74) is 2.30. The zero-order valence-corrected chi connectivity index (χ0v) is 16.2. The second kappa shape index (κ2) is 8.10. The molecule has 1 aliphatic rings. The van der Waals surface area contributed by atoms with Crippen LogP contribution in [0.25, 0.3) is 0 Å². The van der Waals surface area contributed by atoms with Crippen LogP contribution < -0.4 is 10.6 Å². The molecule has 5 nitrogen and oxygen atoms in total. The third kappa shape index (κ3) is 4.67. The number of aryl methyl sites for hydroxylation is 1. The van der Waals surface area contributed by atoms with Crippen molar-refractivity contribution in [3.63, 3.8) is 0 Å². The summed E-state index contributed by atoms with van der Waals surface area (Å²) in [7, 11) is 0. The molecule has 0 spiro atoms. The van der Waals surface area contributed by atoms with Crippen LogP contribution in [-0.4, -0.2) is 22.2 Å². The summed E-state index contributed by atoms with van der Waals surface area (Å²) in [4.78, 5) is 28.6. The van der Waals surface area contributed by atoms with Gasteiger partial charge in [0.2, 0.25) is 11.8 Å². The monoisotopic (exact) mass is 405 g/mol. The number of hydrogen-bond acceptors (Lipinski definition) is 4. The number of halogens is 2. The smallest absolute Gasteiger partial charge is 0.240 e. The Morgan fingerprint density at radius 3 is 2.85 bits per heavy atom. The van der Waals surface area contributed by atoms with Gasteiger partial charge in [0.05, 0.1) is 5.69 Å². The van der Waals surface area contributed by atoms with Gasteiger partial charge in [-0.15, -0.1) is 0 Å². The van der Waals surface area contributed by atoms with Crippen LogP contribution in [-0.2, 0) is 9.59 Å². The molecule has 1 heterocycles. The number of carbonyl (C=O) groups is 2. The summed E-state index contributed by atoms with van der Waals surface area (Å²) < 4.78 is 13.6. The molecule has 27 heavy (non-hydrogen) atoms. The average molecular weight is 406 g/mol. The normalized spacial score (nSPS) is 17.9. The number of aliphatic imine (C=N–C) groups is 1. The molecule has 0 saturated carbocycles. The number of nitrogens with one attached hydrogen (secondary N) is 2. The van der Waals surface area contributed by atoms with Crippen molar-refractivity contribution in [3.8, 4) is 0 Å². The van der Waals surface area contributed by atoms with Gasteiger partial charge in [-0.25, -0.2) is 9.38 Å². The number of nitrogens with zero attached hydrogens (tertiary/aromatic N) is 1. The van der Waals surface area contributed by atoms with Gasteiger partial charge in [-0.1, -0.05) is 35.5 Å². The minimum atomic E-state index is -0.599. The molecule has 1 atom stereocenters. The van der Waals surface area contributed by atoms with E-state index in [4.69, 9.17) is 11.6 Å². The Balaban J connectivity index is 1.65. The predicted octanol–water partition coefficient (Wildman–Crippen LogP) is 4.34. The topological polar surface area (TPSA) is 70.6 Å². The molecule has 2 N–H and O–H groups in total. The average Bonchev–Trinajstić information content (AvgIpc) is 2.94. The zero-order valence-electron chi connectivity index (χ0n) is 14.7. The maximum atomic E-state index is 13.6. The lowest BCUT2D eigenvalue weighted by atomic mass is 10.2. The fourth-order valence-corrected chi connectivity index (χ4v) is 3.64. The van der Waals surface area contributed by atoms with Crippen molar-refractivity contribution in [1.29, 1.82) is 0 Å². The van der Waals surface area contributed by atoms with E-state index in [1.807, 2.05) is 0 Å². The molecule has 140 valence electrons. The lowest BCUT2D eigenvalue weighted by molar-refractivity contribution is -0.122. The molecule has 3 rings (SSSR count). The molecule has 1 saturated heterocycles. The number of thioether (sulfide) groups is 1. The highest BCUT2D eigenvalue weighted by Crippen LogP contribution is 2.27. The van der Waals surface area contributed by atoms with Gasteiger partial charge in [0, 0.05) is 17.1 Å². The van der Waals surface area contributed by atoms with Gasteiger partial charge in [-0.3, -0.25) is 9.59 Å². The van der Waals surface area contributed by atoms with Gasteiger partial charge < -0.3 is 10.6 Å². The summed E-state index contributed by atoms with van der Waals surface area (Å²) in [6, 6.07) is 9.82. The first kappa shape index (κ1) is 19.4. The molecule has 2 amide bonds. The van der Waals surface area contributed by atoms with Crippen LogP contribution >= 0.6 is 23.4 Å². The lowest BCUT2D eigenvalue weighted by Crippen LogP contribution is -2.28. The van der Waals surface area contributed by atoms with Crippen molar-refractivity contribution in [2.45, 2.75) is 25.5 Å². The van der Waals surface area contributed by atoms with Crippen LogP contribution in [0.3, 0.4) is 0 Å². The van der Waals surface area contributed by atoms with E-state index < -0.39 is 5.25 Å². The Morgan fingerprint density at radius 2 is 2.11 bits per heavy atom. The van der Waals surface area contributed by atoms with Crippen LogP contribution in [0.15, 0.2) is 41.4 Å². The molecule has 0 aliphatic carbocycles. The Hall–Kier alpha value is -2.38. The van der Waals surface area contributed by atoms with Crippen molar-refractivity contribution in [3.05, 3.63) is 58.4 Å². The second-order valence-corrected chi connectivity index (χ2v) is 7.71. The van der Waals surface area contributed by atoms with E-state index in [0.717, 1.165) is 17.3 Å². The van der Waals surface area contributed by atoms with Crippen LogP contribution in [0.4, 0.5) is 15.8 Å². The molecule has 0 bridgehead atoms. The summed E-state index contributed by atoms with van der Waals surface area (Å²) in [6.45, 7) is 3.47. The SMILES string of the molecule is Cc1ccc(N=C2NC(=O)[C@@H](CC(=O)Nc3cccc(Cl)c3C)S2)cc1F. The standard InChI is InChI=1S/C19H17ClFN3O2S/c1-10-6-7-12(8-14(10)21)22-19-24-18(26)16(27-19)9-17(25)23-15-5-3-4-13(20)11(15)2/h3-8,16H,9H2,1-2H3,(H,23,25)(H,22,24,26)/t16-/m1/s1. The molecule has 0 aromatic heterocycles. The molecular weight excluding hydrogens is 389 g/mol.